The van der Waals surface area contributed by atoms with Gasteiger partial charge in [0.05, 0.1) is 5.69 Å². The van der Waals surface area contributed by atoms with Crippen LogP contribution in [0.2, 0.25) is 0 Å². The van der Waals surface area contributed by atoms with Gasteiger partial charge in [-0.3, -0.25) is 0 Å². The summed E-state index contributed by atoms with van der Waals surface area (Å²) < 4.78 is 14.3. The lowest BCUT2D eigenvalue weighted by atomic mass is 9.68. The van der Waals surface area contributed by atoms with Gasteiger partial charge in [0.2, 0.25) is 0 Å². The largest absolute Gasteiger partial charge is 0.369 e. The summed E-state index contributed by atoms with van der Waals surface area (Å²) in [5, 5.41) is 0. The van der Waals surface area contributed by atoms with Gasteiger partial charge in [-0.1, -0.05) is 19.3 Å². The fourth-order valence-electron chi connectivity index (χ4n) is 3.28. The van der Waals surface area contributed by atoms with E-state index in [9.17, 15) is 4.39 Å². The summed E-state index contributed by atoms with van der Waals surface area (Å²) in [6.07, 6.45) is 6.86. The summed E-state index contributed by atoms with van der Waals surface area (Å²) in [5.74, 6) is -0.146. The van der Waals surface area contributed by atoms with Crippen LogP contribution in [0.1, 0.15) is 32.1 Å². The van der Waals surface area contributed by atoms with Gasteiger partial charge in [0, 0.05) is 23.0 Å². The van der Waals surface area contributed by atoms with Gasteiger partial charge >= 0.3 is 0 Å². The van der Waals surface area contributed by atoms with E-state index >= 15 is 0 Å². The molecule has 3 rings (SSSR count). The van der Waals surface area contributed by atoms with Crippen molar-refractivity contribution >= 4 is 21.6 Å². The van der Waals surface area contributed by atoms with E-state index in [1.54, 1.807) is 12.1 Å². The van der Waals surface area contributed by atoms with E-state index in [1.807, 2.05) is 0 Å². The number of nitrogens with zero attached hydrogens (tertiary/aromatic N) is 1. The van der Waals surface area contributed by atoms with E-state index in [0.717, 1.165) is 23.2 Å². The molecule has 1 spiro atoms. The molecule has 1 nitrogen and oxygen atoms in total. The third kappa shape index (κ3) is 2.10. The first-order chi connectivity index (χ1) is 8.19. The second-order valence-electron chi connectivity index (χ2n) is 5.51. The van der Waals surface area contributed by atoms with E-state index < -0.39 is 0 Å². The van der Waals surface area contributed by atoms with Crippen LogP contribution in [-0.2, 0) is 0 Å². The molecule has 0 atom stereocenters. The molecular weight excluding hydrogens is 281 g/mol. The highest BCUT2D eigenvalue weighted by Crippen LogP contribution is 2.46. The number of rotatable bonds is 1. The Morgan fingerprint density at radius 2 is 1.82 bits per heavy atom. The van der Waals surface area contributed by atoms with Crippen LogP contribution in [0.4, 0.5) is 10.1 Å². The molecule has 2 aliphatic rings. The Bertz CT molecular complexity index is 418. The van der Waals surface area contributed by atoms with Crippen molar-refractivity contribution in [2.75, 3.05) is 18.0 Å². The Morgan fingerprint density at radius 3 is 2.53 bits per heavy atom. The molecule has 0 amide bonds. The summed E-state index contributed by atoms with van der Waals surface area (Å²) in [6.45, 7) is 2.21. The van der Waals surface area contributed by atoms with Crippen molar-refractivity contribution in [1.29, 1.82) is 0 Å². The molecule has 17 heavy (non-hydrogen) atoms. The third-order valence-electron chi connectivity index (χ3n) is 4.22. The van der Waals surface area contributed by atoms with Gasteiger partial charge in [-0.15, -0.1) is 0 Å². The van der Waals surface area contributed by atoms with Crippen molar-refractivity contribution in [2.24, 2.45) is 5.41 Å². The predicted octanol–water partition coefficient (Wildman–Crippen LogP) is 4.36. The van der Waals surface area contributed by atoms with Crippen molar-refractivity contribution in [3.63, 3.8) is 0 Å². The molecule has 2 fully saturated rings. The van der Waals surface area contributed by atoms with Gasteiger partial charge < -0.3 is 4.90 Å². The van der Waals surface area contributed by atoms with Gasteiger partial charge in [0.1, 0.15) is 5.82 Å². The Balaban J connectivity index is 1.74. The highest BCUT2D eigenvalue weighted by molar-refractivity contribution is 9.10. The first kappa shape index (κ1) is 11.5. The molecule has 0 unspecified atom stereocenters. The van der Waals surface area contributed by atoms with Gasteiger partial charge in [-0.25, -0.2) is 4.39 Å². The topological polar surface area (TPSA) is 3.24 Å². The molecule has 1 heterocycles. The molecule has 0 aromatic heterocycles. The second kappa shape index (κ2) is 4.27. The maximum atomic E-state index is 13.3. The number of benzene rings is 1. The minimum atomic E-state index is -0.146. The van der Waals surface area contributed by atoms with Gasteiger partial charge in [-0.05, 0) is 47.0 Å². The van der Waals surface area contributed by atoms with E-state index in [1.165, 1.54) is 38.2 Å². The molecule has 0 bridgehead atoms. The quantitative estimate of drug-likeness (QED) is 0.744. The summed E-state index contributed by atoms with van der Waals surface area (Å²) in [6, 6.07) is 4.94. The number of hydrogen-bond acceptors (Lipinski definition) is 1. The zero-order valence-electron chi connectivity index (χ0n) is 9.88. The summed E-state index contributed by atoms with van der Waals surface area (Å²) in [4.78, 5) is 2.30. The zero-order valence-corrected chi connectivity index (χ0v) is 11.5. The molecule has 1 saturated carbocycles. The van der Waals surface area contributed by atoms with E-state index in [-0.39, 0.29) is 5.82 Å². The molecule has 1 aromatic carbocycles. The highest BCUT2D eigenvalue weighted by Gasteiger charge is 2.43. The highest BCUT2D eigenvalue weighted by atomic mass is 79.9. The maximum absolute atomic E-state index is 13.3. The second-order valence-corrected chi connectivity index (χ2v) is 6.37. The van der Waals surface area contributed by atoms with Crippen molar-refractivity contribution in [3.05, 3.63) is 28.5 Å². The van der Waals surface area contributed by atoms with Gasteiger partial charge in [0.25, 0.3) is 0 Å². The molecule has 3 heteroatoms. The maximum Gasteiger partial charge on any atom is 0.125 e. The molecule has 1 aliphatic heterocycles. The summed E-state index contributed by atoms with van der Waals surface area (Å²) in [7, 11) is 0. The van der Waals surface area contributed by atoms with E-state index in [4.69, 9.17) is 0 Å². The monoisotopic (exact) mass is 297 g/mol. The van der Waals surface area contributed by atoms with Crippen LogP contribution < -0.4 is 4.90 Å². The van der Waals surface area contributed by atoms with Crippen molar-refractivity contribution in [3.8, 4) is 0 Å². The zero-order chi connectivity index (χ0) is 11.9. The number of hydrogen-bond donors (Lipinski definition) is 0. The smallest absolute Gasteiger partial charge is 0.125 e. The van der Waals surface area contributed by atoms with Crippen molar-refractivity contribution in [1.82, 2.24) is 0 Å². The normalized spacial score (nSPS) is 22.6. The lowest BCUT2D eigenvalue weighted by Gasteiger charge is -2.53. The summed E-state index contributed by atoms with van der Waals surface area (Å²) >= 11 is 3.51. The molecule has 1 aromatic rings. The standard InChI is InChI=1S/C14H17BrFN/c15-12-5-4-11(16)8-13(12)17-9-14(10-17)6-2-1-3-7-14/h4-5,8H,1-3,6-7,9-10H2. The Hall–Kier alpha value is -0.570. The minimum Gasteiger partial charge on any atom is -0.369 e. The van der Waals surface area contributed by atoms with Crippen molar-refractivity contribution in [2.45, 2.75) is 32.1 Å². The first-order valence-corrected chi connectivity index (χ1v) is 7.18. The lowest BCUT2D eigenvalue weighted by molar-refractivity contribution is 0.139. The van der Waals surface area contributed by atoms with Gasteiger partial charge in [0.15, 0.2) is 0 Å². The average Bonchev–Trinajstić information content (AvgIpc) is 2.30. The van der Waals surface area contributed by atoms with Crippen LogP contribution in [0.5, 0.6) is 0 Å². The Labute approximate surface area is 110 Å². The fourth-order valence-corrected chi connectivity index (χ4v) is 3.78. The van der Waals surface area contributed by atoms with Crippen LogP contribution >= 0.6 is 15.9 Å². The molecule has 0 N–H and O–H groups in total. The van der Waals surface area contributed by atoms with Crippen molar-refractivity contribution < 1.29 is 4.39 Å². The Kier molecular flexibility index (Phi) is 2.89. The molecule has 92 valence electrons. The molecule has 0 radical (unpaired) electrons. The SMILES string of the molecule is Fc1ccc(Br)c(N2CC3(CCCCC3)C2)c1. The number of anilines is 1. The van der Waals surface area contributed by atoms with Crippen LogP contribution in [0.15, 0.2) is 22.7 Å². The third-order valence-corrected chi connectivity index (χ3v) is 4.89. The molecule has 1 saturated heterocycles. The Morgan fingerprint density at radius 1 is 1.12 bits per heavy atom. The molecular formula is C14H17BrFN. The minimum absolute atomic E-state index is 0.146. The molecule has 1 aliphatic carbocycles. The van der Waals surface area contributed by atoms with Crippen LogP contribution in [0.25, 0.3) is 0 Å². The van der Waals surface area contributed by atoms with Crippen LogP contribution in [-0.4, -0.2) is 13.1 Å². The average molecular weight is 298 g/mol. The summed E-state index contributed by atoms with van der Waals surface area (Å²) in [5.41, 5.74) is 1.56. The number of halogens is 2. The van der Waals surface area contributed by atoms with E-state index in [0.29, 0.717) is 5.41 Å². The van der Waals surface area contributed by atoms with E-state index in [2.05, 4.69) is 20.8 Å². The fraction of sp³-hybridized carbons (Fsp3) is 0.571. The first-order valence-electron chi connectivity index (χ1n) is 6.39. The van der Waals surface area contributed by atoms with Crippen LogP contribution in [0.3, 0.4) is 0 Å². The lowest BCUT2D eigenvalue weighted by Crippen LogP contribution is -2.57. The predicted molar refractivity (Wildman–Crippen MR) is 71.8 cm³/mol. The van der Waals surface area contributed by atoms with Gasteiger partial charge in [-0.2, -0.15) is 0 Å². The van der Waals surface area contributed by atoms with Crippen LogP contribution in [0, 0.1) is 11.2 Å².